The van der Waals surface area contributed by atoms with E-state index in [1.807, 2.05) is 0 Å². The first-order chi connectivity index (χ1) is 11.7. The van der Waals surface area contributed by atoms with E-state index in [9.17, 15) is 13.2 Å². The second-order valence-corrected chi connectivity index (χ2v) is 11.3. The molecule has 4 aliphatic rings. The van der Waals surface area contributed by atoms with Gasteiger partial charge in [0.05, 0.1) is 10.3 Å². The Morgan fingerprint density at radius 1 is 1.12 bits per heavy atom. The van der Waals surface area contributed by atoms with Gasteiger partial charge in [0, 0.05) is 9.35 Å². The molecule has 1 aromatic rings. The zero-order chi connectivity index (χ0) is 17.9. The van der Waals surface area contributed by atoms with Gasteiger partial charge in [0.1, 0.15) is 0 Å². The van der Waals surface area contributed by atoms with Gasteiger partial charge in [-0.1, -0.05) is 15.9 Å². The molecular formula is C17H20BrClN2O3S. The highest BCUT2D eigenvalue weighted by Gasteiger charge is 2.60. The van der Waals surface area contributed by atoms with Gasteiger partial charge in [0.2, 0.25) is 5.91 Å². The Morgan fingerprint density at radius 2 is 1.72 bits per heavy atom. The normalized spacial score (nSPS) is 36.4. The van der Waals surface area contributed by atoms with Crippen molar-refractivity contribution in [3.63, 3.8) is 0 Å². The molecular weight excluding hydrogens is 428 g/mol. The first-order valence-electron chi connectivity index (χ1n) is 8.47. The number of alkyl halides is 1. The minimum atomic E-state index is -3.79. The van der Waals surface area contributed by atoms with Crippen molar-refractivity contribution >= 4 is 43.5 Å². The second kappa shape index (κ2) is 5.94. The van der Waals surface area contributed by atoms with Crippen LogP contribution < -0.4 is 10.3 Å². The predicted molar refractivity (Wildman–Crippen MR) is 98.3 cm³/mol. The van der Waals surface area contributed by atoms with E-state index in [1.54, 1.807) is 12.1 Å². The van der Waals surface area contributed by atoms with Crippen molar-refractivity contribution in [2.45, 2.75) is 48.3 Å². The van der Waals surface area contributed by atoms with E-state index in [1.165, 1.54) is 12.1 Å². The van der Waals surface area contributed by atoms with Gasteiger partial charge in [0.15, 0.2) is 0 Å². The summed E-state index contributed by atoms with van der Waals surface area (Å²) in [6.45, 7) is 0. The minimum Gasteiger partial charge on any atom is -0.277 e. The zero-order valence-corrected chi connectivity index (χ0v) is 16.8. The molecule has 0 spiro atoms. The number of sulfonamides is 1. The minimum absolute atomic E-state index is 0.107. The largest absolute Gasteiger partial charge is 0.277 e. The average Bonchev–Trinajstić information content (AvgIpc) is 2.50. The first-order valence-corrected chi connectivity index (χ1v) is 11.1. The molecule has 4 fully saturated rings. The van der Waals surface area contributed by atoms with Crippen molar-refractivity contribution in [1.82, 2.24) is 10.3 Å². The van der Waals surface area contributed by atoms with E-state index < -0.39 is 15.4 Å². The van der Waals surface area contributed by atoms with Crippen LogP contribution in [0.2, 0.25) is 0 Å². The maximum absolute atomic E-state index is 12.9. The fraction of sp³-hybridized carbons (Fsp3) is 0.588. The molecule has 0 aliphatic heterocycles. The number of amides is 1. The van der Waals surface area contributed by atoms with Gasteiger partial charge in [0.25, 0.3) is 10.0 Å². The molecule has 5 rings (SSSR count). The van der Waals surface area contributed by atoms with Crippen LogP contribution in [0.15, 0.2) is 33.6 Å². The summed E-state index contributed by atoms with van der Waals surface area (Å²) in [4.78, 5) is 14.9. The highest BCUT2D eigenvalue weighted by Crippen LogP contribution is 2.63. The maximum atomic E-state index is 12.9. The summed E-state index contributed by atoms with van der Waals surface area (Å²) in [5.41, 5.74) is 1.93. The van der Waals surface area contributed by atoms with Crippen LogP contribution in [0.5, 0.6) is 0 Å². The third kappa shape index (κ3) is 3.24. The molecule has 8 heteroatoms. The SMILES string of the molecule is O=C(NNS(=O)(=O)c1ccc(Br)cc1)C12CC3CC(CC(Cl)(C3)C1)C2. The van der Waals surface area contributed by atoms with Gasteiger partial charge in [-0.15, -0.1) is 16.4 Å². The topological polar surface area (TPSA) is 75.3 Å². The lowest BCUT2D eigenvalue weighted by atomic mass is 9.49. The zero-order valence-electron chi connectivity index (χ0n) is 13.6. The van der Waals surface area contributed by atoms with Crippen LogP contribution in [0.25, 0.3) is 0 Å². The molecule has 4 bridgehead atoms. The fourth-order valence-corrected chi connectivity index (χ4v) is 7.13. The fourth-order valence-electron chi connectivity index (χ4n) is 5.34. The van der Waals surface area contributed by atoms with Crippen LogP contribution >= 0.6 is 27.5 Å². The van der Waals surface area contributed by atoms with E-state index in [0.29, 0.717) is 18.3 Å². The number of carbonyl (C=O) groups is 1. The van der Waals surface area contributed by atoms with E-state index in [4.69, 9.17) is 11.6 Å². The smallest absolute Gasteiger partial charge is 0.257 e. The Morgan fingerprint density at radius 3 is 2.28 bits per heavy atom. The molecule has 2 N–H and O–H groups in total. The van der Waals surface area contributed by atoms with Crippen molar-refractivity contribution in [2.24, 2.45) is 17.3 Å². The third-order valence-electron chi connectivity index (χ3n) is 5.89. The Hall–Kier alpha value is -0.630. The quantitative estimate of drug-likeness (QED) is 0.549. The van der Waals surface area contributed by atoms with Gasteiger partial charge < -0.3 is 0 Å². The van der Waals surface area contributed by atoms with Crippen LogP contribution in [0.3, 0.4) is 0 Å². The van der Waals surface area contributed by atoms with Crippen molar-refractivity contribution in [2.75, 3.05) is 0 Å². The van der Waals surface area contributed by atoms with Crippen molar-refractivity contribution < 1.29 is 13.2 Å². The molecule has 1 aromatic carbocycles. The van der Waals surface area contributed by atoms with Gasteiger partial charge in [-0.2, -0.15) is 0 Å². The molecule has 0 heterocycles. The third-order valence-corrected chi connectivity index (χ3v) is 8.13. The molecule has 0 aromatic heterocycles. The monoisotopic (exact) mass is 446 g/mol. The summed E-state index contributed by atoms with van der Waals surface area (Å²) in [5.74, 6) is 0.715. The summed E-state index contributed by atoms with van der Waals surface area (Å²) < 4.78 is 25.5. The van der Waals surface area contributed by atoms with Gasteiger partial charge >= 0.3 is 0 Å². The molecule has 25 heavy (non-hydrogen) atoms. The maximum Gasteiger partial charge on any atom is 0.257 e. The lowest BCUT2D eigenvalue weighted by Gasteiger charge is -2.59. The lowest BCUT2D eigenvalue weighted by molar-refractivity contribution is -0.145. The number of hydrogen-bond acceptors (Lipinski definition) is 3. The van der Waals surface area contributed by atoms with E-state index in [-0.39, 0.29) is 15.7 Å². The van der Waals surface area contributed by atoms with Gasteiger partial charge in [-0.05, 0) is 74.6 Å². The molecule has 2 atom stereocenters. The predicted octanol–water partition coefficient (Wildman–Crippen LogP) is 3.34. The van der Waals surface area contributed by atoms with Crippen LogP contribution in [0.4, 0.5) is 0 Å². The molecule has 4 aliphatic carbocycles. The number of nitrogens with one attached hydrogen (secondary N) is 2. The van der Waals surface area contributed by atoms with Gasteiger partial charge in [-0.25, -0.2) is 8.42 Å². The van der Waals surface area contributed by atoms with Gasteiger partial charge in [-0.3, -0.25) is 10.2 Å². The molecule has 0 radical (unpaired) electrons. The molecule has 1 amide bonds. The molecule has 5 nitrogen and oxygen atoms in total. The molecule has 136 valence electrons. The number of hydrogen-bond donors (Lipinski definition) is 2. The summed E-state index contributed by atoms with van der Waals surface area (Å²) in [6.07, 6.45) is 5.36. The molecule has 0 saturated heterocycles. The highest BCUT2D eigenvalue weighted by atomic mass is 79.9. The van der Waals surface area contributed by atoms with E-state index in [0.717, 1.165) is 36.6 Å². The second-order valence-electron chi connectivity index (χ2n) is 7.91. The summed E-state index contributed by atoms with van der Waals surface area (Å²) >= 11 is 10.0. The Kier molecular flexibility index (Phi) is 4.22. The van der Waals surface area contributed by atoms with Crippen molar-refractivity contribution in [3.8, 4) is 0 Å². The van der Waals surface area contributed by atoms with Crippen LogP contribution in [0, 0.1) is 17.3 Å². The van der Waals surface area contributed by atoms with E-state index in [2.05, 4.69) is 26.2 Å². The summed E-state index contributed by atoms with van der Waals surface area (Å²) in [6, 6.07) is 6.26. The lowest BCUT2D eigenvalue weighted by Crippen LogP contribution is -2.60. The van der Waals surface area contributed by atoms with E-state index >= 15 is 0 Å². The van der Waals surface area contributed by atoms with Crippen molar-refractivity contribution in [1.29, 1.82) is 0 Å². The number of rotatable bonds is 4. The van der Waals surface area contributed by atoms with Crippen LogP contribution in [0.1, 0.15) is 38.5 Å². The van der Waals surface area contributed by atoms with Crippen LogP contribution in [-0.4, -0.2) is 19.2 Å². The number of hydrazine groups is 1. The van der Waals surface area contributed by atoms with Crippen molar-refractivity contribution in [3.05, 3.63) is 28.7 Å². The molecule has 4 saturated carbocycles. The highest BCUT2D eigenvalue weighted by molar-refractivity contribution is 9.10. The number of benzene rings is 1. The summed E-state index contributed by atoms with van der Waals surface area (Å²) in [5, 5.41) is 0. The Bertz CT molecular complexity index is 798. The summed E-state index contributed by atoms with van der Waals surface area (Å²) in [7, 11) is -3.79. The Labute approximate surface area is 161 Å². The Balaban J connectivity index is 1.48. The number of halogens is 2. The van der Waals surface area contributed by atoms with Crippen LogP contribution in [-0.2, 0) is 14.8 Å². The standard InChI is InChI=1S/C17H20BrClN2O3S/c18-13-1-3-14(4-2-13)25(23,24)21-20-15(22)16-6-11-5-12(7-16)9-17(19,8-11)10-16/h1-4,11-12,21H,5-10H2,(H,20,22). The number of carbonyl (C=O) groups excluding carboxylic acids is 1. The first kappa shape index (κ1) is 17.8. The average molecular weight is 448 g/mol. The molecule has 2 unspecified atom stereocenters.